The van der Waals surface area contributed by atoms with Gasteiger partial charge in [0.2, 0.25) is 0 Å². The molecule has 0 fully saturated rings. The summed E-state index contributed by atoms with van der Waals surface area (Å²) in [6.07, 6.45) is 0. The lowest BCUT2D eigenvalue weighted by Crippen LogP contribution is -2.18. The molecule has 0 aliphatic carbocycles. The second-order valence-corrected chi connectivity index (χ2v) is 6.87. The van der Waals surface area contributed by atoms with E-state index in [0.29, 0.717) is 0 Å². The first-order chi connectivity index (χ1) is 7.73. The molecule has 4 heteroatoms. The van der Waals surface area contributed by atoms with Gasteiger partial charge in [0.25, 0.3) is 0 Å². The minimum absolute atomic E-state index is 0.0694. The first-order valence-corrected chi connectivity index (χ1v) is 7.43. The van der Waals surface area contributed by atoms with Crippen molar-refractivity contribution in [2.75, 3.05) is 24.6 Å². The molecule has 1 rings (SSSR count). The molecule has 0 radical (unpaired) electrons. The van der Waals surface area contributed by atoms with Gasteiger partial charge in [0.05, 0.1) is 4.08 Å². The number of rotatable bonds is 7. The number of hydrogen-bond donors (Lipinski definition) is 2. The van der Waals surface area contributed by atoms with Gasteiger partial charge in [-0.2, -0.15) is 0 Å². The van der Waals surface area contributed by atoms with E-state index in [1.165, 1.54) is 5.56 Å². The smallest absolute Gasteiger partial charge is 0.0833 e. The second-order valence-electron chi connectivity index (χ2n) is 3.59. The van der Waals surface area contributed by atoms with Crippen LogP contribution in [-0.4, -0.2) is 24.6 Å². The second kappa shape index (κ2) is 7.22. The highest BCUT2D eigenvalue weighted by Crippen LogP contribution is 2.45. The van der Waals surface area contributed by atoms with Crippen molar-refractivity contribution >= 4 is 23.5 Å². The maximum absolute atomic E-state index is 5.59. The standard InChI is InChI=1S/C12H20N2S2/c1-12(15-9-7-13,16-10-8-14)11-5-3-2-4-6-11/h2-6H,7-10,13-14H2,1H3. The molecule has 0 unspecified atom stereocenters. The Bertz CT molecular complexity index is 282. The van der Waals surface area contributed by atoms with E-state index in [4.69, 9.17) is 11.5 Å². The van der Waals surface area contributed by atoms with E-state index in [1.807, 2.05) is 29.6 Å². The van der Waals surface area contributed by atoms with Crippen LogP contribution in [0.2, 0.25) is 0 Å². The summed E-state index contributed by atoms with van der Waals surface area (Å²) in [6, 6.07) is 10.6. The average molecular weight is 256 g/mol. The Hall–Kier alpha value is -0.160. The topological polar surface area (TPSA) is 52.0 Å². The van der Waals surface area contributed by atoms with Gasteiger partial charge in [-0.15, -0.1) is 23.5 Å². The van der Waals surface area contributed by atoms with Crippen molar-refractivity contribution in [1.29, 1.82) is 0 Å². The quantitative estimate of drug-likeness (QED) is 0.735. The molecule has 0 saturated heterocycles. The summed E-state index contributed by atoms with van der Waals surface area (Å²) in [5.74, 6) is 1.95. The normalized spacial score (nSPS) is 11.7. The maximum atomic E-state index is 5.59. The van der Waals surface area contributed by atoms with Gasteiger partial charge in [-0.25, -0.2) is 0 Å². The summed E-state index contributed by atoms with van der Waals surface area (Å²) in [5, 5.41) is 0. The number of thioether (sulfide) groups is 2. The summed E-state index contributed by atoms with van der Waals surface area (Å²) in [6.45, 7) is 3.69. The van der Waals surface area contributed by atoms with Crippen molar-refractivity contribution in [1.82, 2.24) is 0 Å². The van der Waals surface area contributed by atoms with Gasteiger partial charge in [0.15, 0.2) is 0 Å². The van der Waals surface area contributed by atoms with Crippen molar-refractivity contribution in [2.45, 2.75) is 11.0 Å². The third-order valence-electron chi connectivity index (χ3n) is 2.29. The van der Waals surface area contributed by atoms with Crippen LogP contribution in [0.5, 0.6) is 0 Å². The van der Waals surface area contributed by atoms with Crippen molar-refractivity contribution in [3.63, 3.8) is 0 Å². The molecule has 0 heterocycles. The molecule has 4 N–H and O–H groups in total. The summed E-state index contributed by atoms with van der Waals surface area (Å²) in [4.78, 5) is 0. The molecule has 90 valence electrons. The molecule has 0 bridgehead atoms. The molecule has 1 aromatic rings. The van der Waals surface area contributed by atoms with Crippen LogP contribution in [0.15, 0.2) is 30.3 Å². The van der Waals surface area contributed by atoms with Crippen LogP contribution in [0, 0.1) is 0 Å². The van der Waals surface area contributed by atoms with Crippen LogP contribution in [0.25, 0.3) is 0 Å². The summed E-state index contributed by atoms with van der Waals surface area (Å²) >= 11 is 3.80. The van der Waals surface area contributed by atoms with Crippen molar-refractivity contribution in [2.24, 2.45) is 11.5 Å². The van der Waals surface area contributed by atoms with E-state index in [9.17, 15) is 0 Å². The van der Waals surface area contributed by atoms with E-state index >= 15 is 0 Å². The van der Waals surface area contributed by atoms with Crippen LogP contribution in [0.3, 0.4) is 0 Å². The first-order valence-electron chi connectivity index (χ1n) is 5.46. The highest BCUT2D eigenvalue weighted by Gasteiger charge is 2.26. The summed E-state index contributed by atoms with van der Waals surface area (Å²) in [7, 11) is 0. The van der Waals surface area contributed by atoms with Crippen molar-refractivity contribution < 1.29 is 0 Å². The molecule has 0 aromatic heterocycles. The Balaban J connectivity index is 2.77. The fourth-order valence-electron chi connectivity index (χ4n) is 1.46. The van der Waals surface area contributed by atoms with Gasteiger partial charge in [-0.05, 0) is 12.5 Å². The van der Waals surface area contributed by atoms with Gasteiger partial charge in [0, 0.05) is 24.6 Å². The third kappa shape index (κ3) is 4.01. The van der Waals surface area contributed by atoms with E-state index in [2.05, 4.69) is 31.2 Å². The van der Waals surface area contributed by atoms with E-state index in [1.54, 1.807) is 0 Å². The molecule has 1 aromatic carbocycles. The van der Waals surface area contributed by atoms with Crippen molar-refractivity contribution in [3.8, 4) is 0 Å². The van der Waals surface area contributed by atoms with Crippen LogP contribution in [0.4, 0.5) is 0 Å². The molecular formula is C12H20N2S2. The van der Waals surface area contributed by atoms with Crippen LogP contribution < -0.4 is 11.5 Å². The zero-order valence-electron chi connectivity index (χ0n) is 9.69. The molecule has 16 heavy (non-hydrogen) atoms. The zero-order chi connectivity index (χ0) is 11.9. The minimum Gasteiger partial charge on any atom is -0.330 e. The van der Waals surface area contributed by atoms with Crippen molar-refractivity contribution in [3.05, 3.63) is 35.9 Å². The number of nitrogens with two attached hydrogens (primary N) is 2. The summed E-state index contributed by atoms with van der Waals surface area (Å²) in [5.41, 5.74) is 12.5. The van der Waals surface area contributed by atoms with E-state index < -0.39 is 0 Å². The van der Waals surface area contributed by atoms with Gasteiger partial charge in [0.1, 0.15) is 0 Å². The first kappa shape index (κ1) is 13.9. The highest BCUT2D eigenvalue weighted by atomic mass is 32.2. The molecule has 0 aliphatic heterocycles. The molecule has 0 amide bonds. The zero-order valence-corrected chi connectivity index (χ0v) is 11.3. The van der Waals surface area contributed by atoms with E-state index in [-0.39, 0.29) is 4.08 Å². The van der Waals surface area contributed by atoms with Crippen LogP contribution >= 0.6 is 23.5 Å². The fraction of sp³-hybridized carbons (Fsp3) is 0.500. The minimum atomic E-state index is 0.0694. The maximum Gasteiger partial charge on any atom is 0.0833 e. The Morgan fingerprint density at radius 1 is 1.00 bits per heavy atom. The molecule has 0 aliphatic rings. The Morgan fingerprint density at radius 2 is 1.50 bits per heavy atom. The van der Waals surface area contributed by atoms with Crippen LogP contribution in [-0.2, 0) is 4.08 Å². The Labute approximate surface area is 107 Å². The summed E-state index contributed by atoms with van der Waals surface area (Å²) < 4.78 is 0.0694. The lowest BCUT2D eigenvalue weighted by atomic mass is 10.2. The number of hydrogen-bond acceptors (Lipinski definition) is 4. The van der Waals surface area contributed by atoms with E-state index in [0.717, 1.165) is 24.6 Å². The molecule has 0 saturated carbocycles. The average Bonchev–Trinajstić information content (AvgIpc) is 2.35. The lowest BCUT2D eigenvalue weighted by Gasteiger charge is -2.29. The highest BCUT2D eigenvalue weighted by molar-refractivity contribution is 8.17. The number of benzene rings is 1. The fourth-order valence-corrected chi connectivity index (χ4v) is 3.91. The lowest BCUT2D eigenvalue weighted by molar-refractivity contribution is 0.992. The molecule has 0 spiro atoms. The van der Waals surface area contributed by atoms with Gasteiger partial charge in [-0.3, -0.25) is 0 Å². The SMILES string of the molecule is CC(SCCN)(SCCN)c1ccccc1. The van der Waals surface area contributed by atoms with Gasteiger partial charge < -0.3 is 11.5 Å². The van der Waals surface area contributed by atoms with Crippen LogP contribution in [0.1, 0.15) is 12.5 Å². The Kier molecular flexibility index (Phi) is 6.28. The monoisotopic (exact) mass is 256 g/mol. The molecule has 0 atom stereocenters. The molecule has 2 nitrogen and oxygen atoms in total. The van der Waals surface area contributed by atoms with Gasteiger partial charge in [-0.1, -0.05) is 30.3 Å². The van der Waals surface area contributed by atoms with Gasteiger partial charge >= 0.3 is 0 Å². The predicted octanol–water partition coefficient (Wildman–Crippen LogP) is 2.24. The third-order valence-corrected chi connectivity index (χ3v) is 5.45. The Morgan fingerprint density at radius 3 is 1.94 bits per heavy atom. The predicted molar refractivity (Wildman–Crippen MR) is 76.8 cm³/mol. The molecular weight excluding hydrogens is 236 g/mol. The largest absolute Gasteiger partial charge is 0.330 e.